The van der Waals surface area contributed by atoms with Crippen molar-refractivity contribution < 1.29 is 19.1 Å². The average molecular weight is 501 g/mol. The third-order valence-electron chi connectivity index (χ3n) is 4.97. The summed E-state index contributed by atoms with van der Waals surface area (Å²) in [5.41, 5.74) is 0.561. The average Bonchev–Trinajstić information content (AvgIpc) is 3.02. The summed E-state index contributed by atoms with van der Waals surface area (Å²) in [6, 6.07) is 16.9. The molecule has 1 N–H and O–H groups in total. The van der Waals surface area contributed by atoms with E-state index in [1.54, 1.807) is 25.7 Å². The second-order valence-corrected chi connectivity index (χ2v) is 10.00. The zero-order chi connectivity index (χ0) is 23.5. The van der Waals surface area contributed by atoms with Gasteiger partial charge < -0.3 is 14.4 Å². The van der Waals surface area contributed by atoms with Gasteiger partial charge in [-0.15, -0.1) is 0 Å². The molecule has 6 nitrogen and oxygen atoms in total. The Morgan fingerprint density at radius 2 is 1.75 bits per heavy atom. The number of rotatable bonds is 4. The fourth-order valence-corrected chi connectivity index (χ4v) is 3.83. The van der Waals surface area contributed by atoms with Gasteiger partial charge in [0.25, 0.3) is 5.91 Å². The number of hydrogen-bond acceptors (Lipinski definition) is 4. The Labute approximate surface area is 197 Å². The number of carbonyl (C=O) groups is 2. The molecule has 32 heavy (non-hydrogen) atoms. The van der Waals surface area contributed by atoms with Crippen LogP contribution in [0.4, 0.5) is 4.79 Å². The normalized spacial score (nSPS) is 18.4. The predicted molar refractivity (Wildman–Crippen MR) is 128 cm³/mol. The molecule has 1 aliphatic rings. The van der Waals surface area contributed by atoms with Gasteiger partial charge in [-0.25, -0.2) is 4.79 Å². The van der Waals surface area contributed by atoms with Crippen molar-refractivity contribution in [3.8, 4) is 0 Å². The van der Waals surface area contributed by atoms with Crippen molar-refractivity contribution in [2.45, 2.75) is 52.0 Å². The Bertz CT molecular complexity index is 995. The quantitative estimate of drug-likeness (QED) is 0.550. The second-order valence-electron chi connectivity index (χ2n) is 9.08. The molecule has 170 valence electrons. The first kappa shape index (κ1) is 24.0. The first-order valence-electron chi connectivity index (χ1n) is 10.5. The molecule has 0 bridgehead atoms. The molecule has 1 aliphatic heterocycles. The van der Waals surface area contributed by atoms with Crippen LogP contribution in [0.5, 0.6) is 0 Å². The van der Waals surface area contributed by atoms with Crippen LogP contribution < -0.4 is 5.32 Å². The summed E-state index contributed by atoms with van der Waals surface area (Å²) in [5, 5.41) is 2.74. The highest BCUT2D eigenvalue weighted by molar-refractivity contribution is 9.10. The van der Waals surface area contributed by atoms with Gasteiger partial charge in [0.2, 0.25) is 0 Å². The Kier molecular flexibility index (Phi) is 7.10. The van der Waals surface area contributed by atoms with Gasteiger partial charge in [-0.2, -0.15) is 0 Å². The topological polar surface area (TPSA) is 67.9 Å². The number of hydrogen-bond donors (Lipinski definition) is 1. The lowest BCUT2D eigenvalue weighted by molar-refractivity contribution is -0.140. The molecule has 0 saturated carbocycles. The van der Waals surface area contributed by atoms with Crippen LogP contribution in [-0.2, 0) is 14.3 Å². The zero-order valence-corrected chi connectivity index (χ0v) is 20.6. The monoisotopic (exact) mass is 500 g/mol. The SMILES string of the molecule is CC(C)(C)OC(=O)N/C(=C/C(=O)N1[C@H](c2ccccc2)COC1(C)C)c1ccc(Br)cc1. The van der Waals surface area contributed by atoms with Gasteiger partial charge in [0.15, 0.2) is 0 Å². The lowest BCUT2D eigenvalue weighted by atomic mass is 10.0. The Balaban J connectivity index is 1.96. The van der Waals surface area contributed by atoms with Crippen molar-refractivity contribution in [1.82, 2.24) is 10.2 Å². The molecule has 1 heterocycles. The van der Waals surface area contributed by atoms with Gasteiger partial charge in [-0.05, 0) is 57.9 Å². The lowest BCUT2D eigenvalue weighted by Gasteiger charge is -2.33. The van der Waals surface area contributed by atoms with E-state index in [1.165, 1.54) is 6.08 Å². The number of nitrogens with zero attached hydrogens (tertiary/aromatic N) is 1. The largest absolute Gasteiger partial charge is 0.444 e. The summed E-state index contributed by atoms with van der Waals surface area (Å²) in [6.07, 6.45) is 0.801. The predicted octanol–water partition coefficient (Wildman–Crippen LogP) is 5.65. The summed E-state index contributed by atoms with van der Waals surface area (Å²) in [6.45, 7) is 9.48. The molecule has 1 saturated heterocycles. The number of ether oxygens (including phenoxy) is 2. The molecular weight excluding hydrogens is 472 g/mol. The number of carbonyl (C=O) groups excluding carboxylic acids is 2. The maximum absolute atomic E-state index is 13.5. The van der Waals surface area contributed by atoms with Crippen molar-refractivity contribution >= 4 is 33.6 Å². The van der Waals surface area contributed by atoms with E-state index in [1.807, 2.05) is 68.4 Å². The van der Waals surface area contributed by atoms with E-state index < -0.39 is 17.4 Å². The Morgan fingerprint density at radius 3 is 2.34 bits per heavy atom. The summed E-state index contributed by atoms with van der Waals surface area (Å²) < 4.78 is 12.2. The standard InChI is InChI=1S/C25H29BrN2O4/c1-24(2,3)32-23(30)27-20(17-11-13-19(26)14-12-17)15-22(29)28-21(16-31-25(28,4)5)18-9-7-6-8-10-18/h6-15,21H,16H2,1-5H3,(H,27,30)/b20-15+/t21-/m0/s1. The van der Waals surface area contributed by atoms with Crippen LogP contribution >= 0.6 is 15.9 Å². The number of nitrogens with one attached hydrogen (secondary N) is 1. The molecule has 7 heteroatoms. The Hall–Kier alpha value is -2.64. The molecule has 0 radical (unpaired) electrons. The first-order valence-corrected chi connectivity index (χ1v) is 11.3. The van der Waals surface area contributed by atoms with Crippen LogP contribution in [0.15, 0.2) is 65.1 Å². The molecule has 1 fully saturated rings. The number of amides is 2. The van der Waals surface area contributed by atoms with Gasteiger partial charge in [-0.1, -0.05) is 58.4 Å². The van der Waals surface area contributed by atoms with Crippen LogP contribution in [0.2, 0.25) is 0 Å². The summed E-state index contributed by atoms with van der Waals surface area (Å²) >= 11 is 3.42. The maximum Gasteiger partial charge on any atom is 0.412 e. The van der Waals surface area contributed by atoms with Crippen LogP contribution in [-0.4, -0.2) is 34.8 Å². The minimum absolute atomic E-state index is 0.234. The van der Waals surface area contributed by atoms with Gasteiger partial charge in [0.1, 0.15) is 11.3 Å². The van der Waals surface area contributed by atoms with E-state index >= 15 is 0 Å². The van der Waals surface area contributed by atoms with Crippen molar-refractivity contribution in [3.63, 3.8) is 0 Å². The summed E-state index contributed by atoms with van der Waals surface area (Å²) in [7, 11) is 0. The van der Waals surface area contributed by atoms with Gasteiger partial charge in [-0.3, -0.25) is 10.1 Å². The van der Waals surface area contributed by atoms with Gasteiger partial charge in [0.05, 0.1) is 18.3 Å². The third-order valence-corrected chi connectivity index (χ3v) is 5.50. The first-order chi connectivity index (χ1) is 15.0. The molecule has 2 aromatic carbocycles. The fourth-order valence-electron chi connectivity index (χ4n) is 3.57. The Morgan fingerprint density at radius 1 is 1.12 bits per heavy atom. The third kappa shape index (κ3) is 5.99. The zero-order valence-electron chi connectivity index (χ0n) is 19.0. The molecule has 0 aliphatic carbocycles. The van der Waals surface area contributed by atoms with Crippen LogP contribution in [0, 0.1) is 0 Å². The molecule has 2 aromatic rings. The fraction of sp³-hybridized carbons (Fsp3) is 0.360. The lowest BCUT2D eigenvalue weighted by Crippen LogP contribution is -2.44. The van der Waals surface area contributed by atoms with E-state index in [2.05, 4.69) is 21.2 Å². The molecule has 2 amide bonds. The van der Waals surface area contributed by atoms with E-state index in [9.17, 15) is 9.59 Å². The molecule has 0 unspecified atom stereocenters. The number of halogens is 1. The van der Waals surface area contributed by atoms with Crippen LogP contribution in [0.3, 0.4) is 0 Å². The van der Waals surface area contributed by atoms with E-state index in [-0.39, 0.29) is 11.9 Å². The molecule has 3 rings (SSSR count). The summed E-state index contributed by atoms with van der Waals surface area (Å²) in [5.74, 6) is -0.268. The van der Waals surface area contributed by atoms with Crippen molar-refractivity contribution in [3.05, 3.63) is 76.3 Å². The minimum Gasteiger partial charge on any atom is -0.444 e. The van der Waals surface area contributed by atoms with Crippen molar-refractivity contribution in [1.29, 1.82) is 0 Å². The molecule has 0 spiro atoms. The van der Waals surface area contributed by atoms with E-state index in [0.717, 1.165) is 10.0 Å². The van der Waals surface area contributed by atoms with Crippen LogP contribution in [0.1, 0.15) is 51.8 Å². The van der Waals surface area contributed by atoms with E-state index in [0.29, 0.717) is 17.9 Å². The highest BCUT2D eigenvalue weighted by Crippen LogP contribution is 2.37. The summed E-state index contributed by atoms with van der Waals surface area (Å²) in [4.78, 5) is 27.7. The molecular formula is C25H29BrN2O4. The van der Waals surface area contributed by atoms with Crippen LogP contribution in [0.25, 0.3) is 5.70 Å². The van der Waals surface area contributed by atoms with Gasteiger partial charge in [0, 0.05) is 10.5 Å². The molecule has 1 atom stereocenters. The highest BCUT2D eigenvalue weighted by Gasteiger charge is 2.43. The van der Waals surface area contributed by atoms with Crippen molar-refractivity contribution in [2.24, 2.45) is 0 Å². The van der Waals surface area contributed by atoms with E-state index in [4.69, 9.17) is 9.47 Å². The highest BCUT2D eigenvalue weighted by atomic mass is 79.9. The van der Waals surface area contributed by atoms with Gasteiger partial charge >= 0.3 is 6.09 Å². The molecule has 0 aromatic heterocycles. The minimum atomic E-state index is -0.801. The van der Waals surface area contributed by atoms with Crippen molar-refractivity contribution in [2.75, 3.05) is 6.61 Å². The second kappa shape index (κ2) is 9.46. The maximum atomic E-state index is 13.5. The number of alkyl carbamates (subject to hydrolysis) is 1. The number of benzene rings is 2. The smallest absolute Gasteiger partial charge is 0.412 e.